The zero-order valence-electron chi connectivity index (χ0n) is 9.55. The number of nitrogens with two attached hydrogens (primary N) is 1. The molecule has 4 heteroatoms. The maximum atomic E-state index is 9.74. The Morgan fingerprint density at radius 1 is 1.18 bits per heavy atom. The molecule has 2 aromatic carbocycles. The molecule has 3 nitrogen and oxygen atoms in total. The highest BCUT2D eigenvalue weighted by Gasteiger charge is 2.07. The van der Waals surface area contributed by atoms with Gasteiger partial charge in [0.1, 0.15) is 11.5 Å². The third-order valence-corrected chi connectivity index (χ3v) is 2.86. The molecule has 0 bridgehead atoms. The summed E-state index contributed by atoms with van der Waals surface area (Å²) in [6, 6.07) is 8.75. The third kappa shape index (κ3) is 2.62. The molecule has 0 heterocycles. The number of aromatic hydroxyl groups is 2. The van der Waals surface area contributed by atoms with Gasteiger partial charge in [-0.05, 0) is 35.5 Å². The third-order valence-electron chi connectivity index (χ3n) is 2.86. The molecule has 0 aromatic heterocycles. The first-order valence-corrected chi connectivity index (χ1v) is 5.27. The van der Waals surface area contributed by atoms with Crippen LogP contribution in [0.15, 0.2) is 30.3 Å². The van der Waals surface area contributed by atoms with Gasteiger partial charge in [0.2, 0.25) is 0 Å². The van der Waals surface area contributed by atoms with Crippen molar-refractivity contribution >= 4 is 23.2 Å². The maximum absolute atomic E-state index is 9.74. The van der Waals surface area contributed by atoms with E-state index >= 15 is 0 Å². The molecule has 1 unspecified atom stereocenters. The smallest absolute Gasteiger partial charge is 0.127 e. The van der Waals surface area contributed by atoms with Gasteiger partial charge in [-0.15, -0.1) is 12.4 Å². The molecule has 0 radical (unpaired) electrons. The van der Waals surface area contributed by atoms with Gasteiger partial charge < -0.3 is 15.9 Å². The zero-order valence-corrected chi connectivity index (χ0v) is 10.4. The predicted octanol–water partition coefficient (Wildman–Crippen LogP) is 2.74. The van der Waals surface area contributed by atoms with E-state index in [1.54, 1.807) is 6.07 Å². The van der Waals surface area contributed by atoms with Gasteiger partial charge in [-0.1, -0.05) is 19.1 Å². The van der Waals surface area contributed by atoms with Crippen LogP contribution in [0.25, 0.3) is 10.8 Å². The minimum absolute atomic E-state index is 0. The molecule has 4 N–H and O–H groups in total. The van der Waals surface area contributed by atoms with Crippen molar-refractivity contribution in [1.82, 2.24) is 0 Å². The summed E-state index contributed by atoms with van der Waals surface area (Å²) in [7, 11) is 0. The van der Waals surface area contributed by atoms with Gasteiger partial charge in [0.25, 0.3) is 0 Å². The lowest BCUT2D eigenvalue weighted by atomic mass is 9.97. The highest BCUT2D eigenvalue weighted by atomic mass is 35.5. The second kappa shape index (κ2) is 5.25. The summed E-state index contributed by atoms with van der Waals surface area (Å²) in [6.45, 7) is 2.61. The standard InChI is InChI=1S/C13H15NO2.ClH/c1-8(7-14)9-2-3-10-4-11(15)6-13(16)12(10)5-9;/h2-6,8,15-16H,7,14H2,1H3;1H. The van der Waals surface area contributed by atoms with Crippen LogP contribution in [0.3, 0.4) is 0 Å². The van der Waals surface area contributed by atoms with Crippen molar-refractivity contribution in [3.63, 3.8) is 0 Å². The van der Waals surface area contributed by atoms with Crippen LogP contribution in [0.2, 0.25) is 0 Å². The zero-order chi connectivity index (χ0) is 11.7. The van der Waals surface area contributed by atoms with Gasteiger partial charge in [0, 0.05) is 11.5 Å². The Morgan fingerprint density at radius 2 is 1.88 bits per heavy atom. The van der Waals surface area contributed by atoms with Gasteiger partial charge in [0.05, 0.1) is 0 Å². The molecule has 0 amide bonds. The van der Waals surface area contributed by atoms with E-state index in [4.69, 9.17) is 5.73 Å². The van der Waals surface area contributed by atoms with E-state index in [0.29, 0.717) is 6.54 Å². The number of phenols is 2. The van der Waals surface area contributed by atoms with E-state index in [0.717, 1.165) is 16.3 Å². The summed E-state index contributed by atoms with van der Waals surface area (Å²) < 4.78 is 0. The second-order valence-electron chi connectivity index (χ2n) is 4.08. The molecule has 2 aromatic rings. The summed E-state index contributed by atoms with van der Waals surface area (Å²) in [5.74, 6) is 0.434. The lowest BCUT2D eigenvalue weighted by molar-refractivity contribution is 0.455. The van der Waals surface area contributed by atoms with Crippen LogP contribution in [-0.2, 0) is 0 Å². The first-order chi connectivity index (χ1) is 7.61. The molecule has 2 rings (SSSR count). The van der Waals surface area contributed by atoms with Crippen molar-refractivity contribution in [1.29, 1.82) is 0 Å². The minimum atomic E-state index is 0. The highest BCUT2D eigenvalue weighted by molar-refractivity contribution is 5.90. The van der Waals surface area contributed by atoms with E-state index < -0.39 is 0 Å². The number of rotatable bonds is 2. The molecule has 0 aliphatic carbocycles. The summed E-state index contributed by atoms with van der Waals surface area (Å²) in [5.41, 5.74) is 6.70. The summed E-state index contributed by atoms with van der Waals surface area (Å²) >= 11 is 0. The van der Waals surface area contributed by atoms with Crippen LogP contribution in [-0.4, -0.2) is 16.8 Å². The molecule has 0 aliphatic rings. The predicted molar refractivity (Wildman–Crippen MR) is 72.0 cm³/mol. The van der Waals surface area contributed by atoms with Crippen molar-refractivity contribution in [2.24, 2.45) is 5.73 Å². The molecular formula is C13H16ClNO2. The Bertz CT molecular complexity index is 528. The van der Waals surface area contributed by atoms with E-state index in [9.17, 15) is 10.2 Å². The van der Waals surface area contributed by atoms with Crippen LogP contribution in [0.1, 0.15) is 18.4 Å². The van der Waals surface area contributed by atoms with Gasteiger partial charge in [-0.2, -0.15) is 0 Å². The largest absolute Gasteiger partial charge is 0.508 e. The van der Waals surface area contributed by atoms with Crippen molar-refractivity contribution in [3.05, 3.63) is 35.9 Å². The van der Waals surface area contributed by atoms with Crippen molar-refractivity contribution in [2.45, 2.75) is 12.8 Å². The van der Waals surface area contributed by atoms with Gasteiger partial charge in [0.15, 0.2) is 0 Å². The number of halogens is 1. The lowest BCUT2D eigenvalue weighted by Crippen LogP contribution is -2.08. The van der Waals surface area contributed by atoms with Gasteiger partial charge >= 0.3 is 0 Å². The maximum Gasteiger partial charge on any atom is 0.127 e. The summed E-state index contributed by atoms with van der Waals surface area (Å²) in [6.07, 6.45) is 0. The Morgan fingerprint density at radius 3 is 2.53 bits per heavy atom. The molecule has 0 saturated carbocycles. The Kier molecular flexibility index (Phi) is 4.21. The van der Waals surface area contributed by atoms with E-state index in [-0.39, 0.29) is 29.8 Å². The number of phenolic OH excluding ortho intramolecular Hbond substituents is 2. The lowest BCUT2D eigenvalue weighted by Gasteiger charge is -2.10. The van der Waals surface area contributed by atoms with Crippen LogP contribution in [0.5, 0.6) is 11.5 Å². The number of fused-ring (bicyclic) bond motifs is 1. The first kappa shape index (κ1) is 13.6. The number of hydrogen-bond acceptors (Lipinski definition) is 3. The van der Waals surface area contributed by atoms with Crippen LogP contribution < -0.4 is 5.73 Å². The monoisotopic (exact) mass is 253 g/mol. The average molecular weight is 254 g/mol. The molecule has 0 saturated heterocycles. The fourth-order valence-corrected chi connectivity index (χ4v) is 1.78. The van der Waals surface area contributed by atoms with Crippen LogP contribution in [0, 0.1) is 0 Å². The molecule has 0 spiro atoms. The Balaban J connectivity index is 0.00000144. The Labute approximate surface area is 106 Å². The van der Waals surface area contributed by atoms with E-state index in [1.807, 2.05) is 25.1 Å². The normalized spacial score (nSPS) is 12.1. The number of benzene rings is 2. The van der Waals surface area contributed by atoms with Gasteiger partial charge in [-0.25, -0.2) is 0 Å². The molecule has 0 fully saturated rings. The average Bonchev–Trinajstić information content (AvgIpc) is 2.27. The van der Waals surface area contributed by atoms with E-state index in [2.05, 4.69) is 0 Å². The fraction of sp³-hybridized carbons (Fsp3) is 0.231. The van der Waals surface area contributed by atoms with Gasteiger partial charge in [-0.3, -0.25) is 0 Å². The molecule has 0 aliphatic heterocycles. The SMILES string of the molecule is CC(CN)c1ccc2cc(O)cc(O)c2c1.Cl. The topological polar surface area (TPSA) is 66.5 Å². The minimum Gasteiger partial charge on any atom is -0.508 e. The summed E-state index contributed by atoms with van der Waals surface area (Å²) in [4.78, 5) is 0. The van der Waals surface area contributed by atoms with Crippen molar-refractivity contribution in [3.8, 4) is 11.5 Å². The molecule has 1 atom stereocenters. The summed E-state index contributed by atoms with van der Waals surface area (Å²) in [5, 5.41) is 20.7. The molecule has 92 valence electrons. The molecule has 17 heavy (non-hydrogen) atoms. The van der Waals surface area contributed by atoms with Crippen molar-refractivity contribution in [2.75, 3.05) is 6.54 Å². The number of hydrogen-bond donors (Lipinski definition) is 3. The van der Waals surface area contributed by atoms with Crippen LogP contribution >= 0.6 is 12.4 Å². The quantitative estimate of drug-likeness (QED) is 0.771. The van der Waals surface area contributed by atoms with E-state index in [1.165, 1.54) is 6.07 Å². The first-order valence-electron chi connectivity index (χ1n) is 5.27. The molecular weight excluding hydrogens is 238 g/mol. The van der Waals surface area contributed by atoms with Crippen molar-refractivity contribution < 1.29 is 10.2 Å². The fourth-order valence-electron chi connectivity index (χ4n) is 1.78. The highest BCUT2D eigenvalue weighted by Crippen LogP contribution is 2.31. The second-order valence-corrected chi connectivity index (χ2v) is 4.08. The Hall–Kier alpha value is -1.45. The van der Waals surface area contributed by atoms with Crippen LogP contribution in [0.4, 0.5) is 0 Å².